The molecule has 0 spiro atoms. The second kappa shape index (κ2) is 6.33. The van der Waals surface area contributed by atoms with Gasteiger partial charge in [0.1, 0.15) is 11.9 Å². The van der Waals surface area contributed by atoms with E-state index >= 15 is 0 Å². The van der Waals surface area contributed by atoms with Gasteiger partial charge < -0.3 is 10.1 Å². The highest BCUT2D eigenvalue weighted by molar-refractivity contribution is 7.99. The topological polar surface area (TPSA) is 47.0 Å². The first-order chi connectivity index (χ1) is 9.38. The summed E-state index contributed by atoms with van der Waals surface area (Å²) in [5, 5.41) is 3.45. The van der Waals surface area contributed by atoms with Crippen molar-refractivity contribution >= 4 is 29.3 Å². The highest BCUT2D eigenvalue weighted by Gasteiger charge is 2.25. The van der Waals surface area contributed by atoms with Crippen LogP contribution >= 0.6 is 23.5 Å². The molecular weight excluding hydrogens is 278 g/mol. The second-order valence-corrected chi connectivity index (χ2v) is 6.85. The number of anilines is 1. The molecule has 1 unspecified atom stereocenters. The van der Waals surface area contributed by atoms with Crippen molar-refractivity contribution in [3.05, 3.63) is 17.1 Å². The minimum atomic E-state index is 0.0665. The molecule has 3 rings (SSSR count). The van der Waals surface area contributed by atoms with E-state index in [1.807, 2.05) is 23.5 Å². The second-order valence-electron chi connectivity index (χ2n) is 4.71. The number of ether oxygens (including phenoxy) is 1. The zero-order chi connectivity index (χ0) is 13.1. The number of thioether (sulfide) groups is 2. The highest BCUT2D eigenvalue weighted by Crippen LogP contribution is 2.35. The van der Waals surface area contributed by atoms with E-state index in [2.05, 4.69) is 12.2 Å². The maximum absolute atomic E-state index is 5.80. The third kappa shape index (κ3) is 3.01. The van der Waals surface area contributed by atoms with Gasteiger partial charge in [-0.15, -0.1) is 0 Å². The Kier molecular flexibility index (Phi) is 4.50. The molecule has 0 saturated carbocycles. The van der Waals surface area contributed by atoms with E-state index in [9.17, 15) is 0 Å². The molecular formula is C13H19N3OS2. The molecule has 1 aromatic heterocycles. The van der Waals surface area contributed by atoms with E-state index in [-0.39, 0.29) is 6.10 Å². The Labute approximate surface area is 122 Å². The van der Waals surface area contributed by atoms with E-state index in [1.54, 1.807) is 0 Å². The molecule has 2 aliphatic heterocycles. The van der Waals surface area contributed by atoms with Gasteiger partial charge in [0.15, 0.2) is 5.82 Å². The number of rotatable bonds is 4. The molecule has 0 radical (unpaired) electrons. The third-order valence-corrected chi connectivity index (χ3v) is 5.21. The standard InChI is InChI=1S/C13H19N3OS2/c1-2-3-14-12-9-6-19-7-10(9)15-13(16-12)11-8-18-5-4-17-11/h11H,2-8H2,1H3,(H,14,15,16). The van der Waals surface area contributed by atoms with Crippen molar-refractivity contribution in [1.29, 1.82) is 0 Å². The molecule has 1 atom stereocenters. The Morgan fingerprint density at radius 2 is 2.26 bits per heavy atom. The van der Waals surface area contributed by atoms with Crippen LogP contribution < -0.4 is 5.32 Å². The van der Waals surface area contributed by atoms with Crippen molar-refractivity contribution in [1.82, 2.24) is 9.97 Å². The molecule has 2 aliphatic rings. The quantitative estimate of drug-likeness (QED) is 0.922. The van der Waals surface area contributed by atoms with Gasteiger partial charge in [-0.05, 0) is 6.42 Å². The predicted octanol–water partition coefficient (Wildman–Crippen LogP) is 2.85. The first-order valence-electron chi connectivity index (χ1n) is 6.79. The summed E-state index contributed by atoms with van der Waals surface area (Å²) >= 11 is 3.84. The number of nitrogens with one attached hydrogen (secondary N) is 1. The predicted molar refractivity (Wildman–Crippen MR) is 81.8 cm³/mol. The molecule has 3 heterocycles. The summed E-state index contributed by atoms with van der Waals surface area (Å²) in [4.78, 5) is 9.47. The van der Waals surface area contributed by atoms with Crippen LogP contribution in [0.15, 0.2) is 0 Å². The van der Waals surface area contributed by atoms with Crippen LogP contribution in [0.3, 0.4) is 0 Å². The first kappa shape index (κ1) is 13.5. The SMILES string of the molecule is CCCNc1nc(C2CSCCO2)nc2c1CSC2. The van der Waals surface area contributed by atoms with Crippen molar-refractivity contribution in [2.75, 3.05) is 30.0 Å². The van der Waals surface area contributed by atoms with Crippen molar-refractivity contribution in [3.8, 4) is 0 Å². The molecule has 0 bridgehead atoms. The number of nitrogens with zero attached hydrogens (tertiary/aromatic N) is 2. The van der Waals surface area contributed by atoms with Crippen molar-refractivity contribution in [2.24, 2.45) is 0 Å². The summed E-state index contributed by atoms with van der Waals surface area (Å²) in [6, 6.07) is 0. The van der Waals surface area contributed by atoms with Gasteiger partial charge in [-0.2, -0.15) is 23.5 Å². The Hall–Kier alpha value is -0.460. The fraction of sp³-hybridized carbons (Fsp3) is 0.692. The summed E-state index contributed by atoms with van der Waals surface area (Å²) in [7, 11) is 0. The maximum atomic E-state index is 5.80. The van der Waals surface area contributed by atoms with Crippen LogP contribution in [0, 0.1) is 0 Å². The Morgan fingerprint density at radius 3 is 3.05 bits per heavy atom. The average Bonchev–Trinajstić information content (AvgIpc) is 2.94. The summed E-state index contributed by atoms with van der Waals surface area (Å²) in [6.45, 7) is 3.95. The van der Waals surface area contributed by atoms with Crippen LogP contribution in [0.5, 0.6) is 0 Å². The van der Waals surface area contributed by atoms with Gasteiger partial charge in [-0.1, -0.05) is 6.92 Å². The van der Waals surface area contributed by atoms with Gasteiger partial charge in [-0.25, -0.2) is 9.97 Å². The van der Waals surface area contributed by atoms with Crippen LogP contribution in [-0.2, 0) is 16.2 Å². The van der Waals surface area contributed by atoms with Gasteiger partial charge >= 0.3 is 0 Å². The van der Waals surface area contributed by atoms with E-state index in [4.69, 9.17) is 14.7 Å². The fourth-order valence-corrected chi connectivity index (χ4v) is 4.12. The van der Waals surface area contributed by atoms with Crippen LogP contribution in [0.1, 0.15) is 36.5 Å². The van der Waals surface area contributed by atoms with Crippen LogP contribution in [0.2, 0.25) is 0 Å². The zero-order valence-corrected chi connectivity index (χ0v) is 12.8. The summed E-state index contributed by atoms with van der Waals surface area (Å²) in [6.07, 6.45) is 1.17. The lowest BCUT2D eigenvalue weighted by Gasteiger charge is -2.22. The number of hydrogen-bond donors (Lipinski definition) is 1. The molecule has 1 aromatic rings. The van der Waals surface area contributed by atoms with E-state index < -0.39 is 0 Å². The van der Waals surface area contributed by atoms with Crippen LogP contribution in [0.25, 0.3) is 0 Å². The van der Waals surface area contributed by atoms with Gasteiger partial charge in [0.05, 0.1) is 12.3 Å². The third-order valence-electron chi connectivity index (χ3n) is 3.24. The number of hydrogen-bond acceptors (Lipinski definition) is 6. The minimum Gasteiger partial charge on any atom is -0.370 e. The molecule has 1 fully saturated rings. The number of aromatic nitrogens is 2. The van der Waals surface area contributed by atoms with Gasteiger partial charge in [0.2, 0.25) is 0 Å². The van der Waals surface area contributed by atoms with Crippen molar-refractivity contribution < 1.29 is 4.74 Å². The molecule has 0 amide bonds. The van der Waals surface area contributed by atoms with Gasteiger partial charge in [-0.3, -0.25) is 0 Å². The largest absolute Gasteiger partial charge is 0.370 e. The zero-order valence-electron chi connectivity index (χ0n) is 11.1. The first-order valence-corrected chi connectivity index (χ1v) is 9.10. The molecule has 6 heteroatoms. The Morgan fingerprint density at radius 1 is 1.32 bits per heavy atom. The summed E-state index contributed by atoms with van der Waals surface area (Å²) in [5.41, 5.74) is 2.50. The van der Waals surface area contributed by atoms with E-state index in [0.717, 1.165) is 54.2 Å². The fourth-order valence-electron chi connectivity index (χ4n) is 2.24. The molecule has 1 saturated heterocycles. The Bertz CT molecular complexity index is 450. The molecule has 104 valence electrons. The number of fused-ring (bicyclic) bond motifs is 1. The Balaban J connectivity index is 1.87. The molecule has 19 heavy (non-hydrogen) atoms. The molecule has 0 aliphatic carbocycles. The monoisotopic (exact) mass is 297 g/mol. The normalized spacial score (nSPS) is 22.3. The smallest absolute Gasteiger partial charge is 0.160 e. The van der Waals surface area contributed by atoms with Crippen molar-refractivity contribution in [2.45, 2.75) is 31.0 Å². The van der Waals surface area contributed by atoms with E-state index in [1.165, 1.54) is 11.3 Å². The lowest BCUT2D eigenvalue weighted by atomic mass is 10.2. The lowest BCUT2D eigenvalue weighted by Crippen LogP contribution is -2.20. The average molecular weight is 297 g/mol. The van der Waals surface area contributed by atoms with Crippen molar-refractivity contribution in [3.63, 3.8) is 0 Å². The van der Waals surface area contributed by atoms with Gasteiger partial charge in [0, 0.05) is 35.1 Å². The summed E-state index contributed by atoms with van der Waals surface area (Å²) < 4.78 is 5.80. The molecule has 0 aromatic carbocycles. The van der Waals surface area contributed by atoms with Crippen LogP contribution in [-0.4, -0.2) is 34.6 Å². The lowest BCUT2D eigenvalue weighted by molar-refractivity contribution is 0.0694. The van der Waals surface area contributed by atoms with E-state index in [0.29, 0.717) is 0 Å². The molecule has 4 nitrogen and oxygen atoms in total. The molecule has 1 N–H and O–H groups in total. The maximum Gasteiger partial charge on any atom is 0.160 e. The van der Waals surface area contributed by atoms with Gasteiger partial charge in [0.25, 0.3) is 0 Å². The summed E-state index contributed by atoms with van der Waals surface area (Å²) in [5.74, 6) is 5.99. The minimum absolute atomic E-state index is 0.0665. The highest BCUT2D eigenvalue weighted by atomic mass is 32.2. The van der Waals surface area contributed by atoms with Crippen LogP contribution in [0.4, 0.5) is 5.82 Å².